The number of benzene rings is 1. The van der Waals surface area contributed by atoms with Crippen molar-refractivity contribution in [2.24, 2.45) is 0 Å². The third kappa shape index (κ3) is 1.67. The summed E-state index contributed by atoms with van der Waals surface area (Å²) in [7, 11) is 2.12. The van der Waals surface area contributed by atoms with E-state index in [0.717, 1.165) is 25.9 Å². The van der Waals surface area contributed by atoms with Gasteiger partial charge in [-0.05, 0) is 56.6 Å². The zero-order chi connectivity index (χ0) is 11.9. The van der Waals surface area contributed by atoms with Crippen LogP contribution in [0.1, 0.15) is 18.4 Å². The van der Waals surface area contributed by atoms with E-state index in [1.807, 2.05) is 12.1 Å². The fraction of sp³-hybridized carbons (Fsp3) is 0.462. The van der Waals surface area contributed by atoms with Crippen molar-refractivity contribution in [3.8, 4) is 0 Å². The zero-order valence-electron chi connectivity index (χ0n) is 9.90. The van der Waals surface area contributed by atoms with E-state index in [-0.39, 0.29) is 11.3 Å². The van der Waals surface area contributed by atoms with E-state index in [1.165, 1.54) is 22.4 Å². The normalized spacial score (nSPS) is 23.2. The molecule has 0 aliphatic carbocycles. The molecule has 90 valence electrons. The van der Waals surface area contributed by atoms with Crippen molar-refractivity contribution < 1.29 is 4.79 Å². The summed E-state index contributed by atoms with van der Waals surface area (Å²) in [5.74, 6) is 0.189. The van der Waals surface area contributed by atoms with Crippen LogP contribution in [0.5, 0.6) is 0 Å². The first kappa shape index (κ1) is 11.1. The Morgan fingerprint density at radius 3 is 2.76 bits per heavy atom. The van der Waals surface area contributed by atoms with Crippen molar-refractivity contribution in [2.75, 3.05) is 20.1 Å². The summed E-state index contributed by atoms with van der Waals surface area (Å²) in [5.41, 5.74) is 0.941. The van der Waals surface area contributed by atoms with E-state index >= 15 is 0 Å². The van der Waals surface area contributed by atoms with Crippen molar-refractivity contribution in [1.29, 1.82) is 0 Å². The largest absolute Gasteiger partial charge is 0.306 e. The van der Waals surface area contributed by atoms with Crippen LogP contribution in [0.2, 0.25) is 0 Å². The Morgan fingerprint density at radius 2 is 2.00 bits per heavy atom. The molecule has 0 unspecified atom stereocenters. The quantitative estimate of drug-likeness (QED) is 0.710. The van der Waals surface area contributed by atoms with Crippen LogP contribution in [-0.4, -0.2) is 30.9 Å². The lowest BCUT2D eigenvalue weighted by atomic mass is 9.72. The molecule has 0 radical (unpaired) electrons. The molecule has 0 saturated carbocycles. The molecule has 0 atom stereocenters. The van der Waals surface area contributed by atoms with Gasteiger partial charge in [-0.1, -0.05) is 18.2 Å². The van der Waals surface area contributed by atoms with Gasteiger partial charge in [-0.2, -0.15) is 0 Å². The summed E-state index contributed by atoms with van der Waals surface area (Å²) in [6, 6.07) is 8.29. The molecule has 1 aromatic rings. The molecular weight excluding hydrogens is 232 g/mol. The lowest BCUT2D eigenvalue weighted by molar-refractivity contribution is -0.126. The fourth-order valence-corrected chi connectivity index (χ4v) is 3.69. The molecule has 0 bridgehead atoms. The highest BCUT2D eigenvalue weighted by Gasteiger charge is 2.45. The lowest BCUT2D eigenvalue weighted by Crippen LogP contribution is -2.51. The van der Waals surface area contributed by atoms with Crippen LogP contribution >= 0.6 is 11.9 Å². The van der Waals surface area contributed by atoms with Crippen LogP contribution in [0.25, 0.3) is 0 Å². The smallest absolute Gasteiger partial charge is 0.240 e. The van der Waals surface area contributed by atoms with Crippen LogP contribution in [0.4, 0.5) is 0 Å². The minimum absolute atomic E-state index is 0.189. The highest BCUT2D eigenvalue weighted by atomic mass is 32.2. The van der Waals surface area contributed by atoms with E-state index in [1.54, 1.807) is 0 Å². The molecule has 2 aliphatic rings. The van der Waals surface area contributed by atoms with E-state index in [0.29, 0.717) is 0 Å². The number of likely N-dealkylation sites (tertiary alicyclic amines) is 1. The van der Waals surface area contributed by atoms with Crippen molar-refractivity contribution in [3.63, 3.8) is 0 Å². The minimum Gasteiger partial charge on any atom is -0.306 e. The van der Waals surface area contributed by atoms with Gasteiger partial charge in [-0.25, -0.2) is 0 Å². The van der Waals surface area contributed by atoms with Gasteiger partial charge in [0.15, 0.2) is 0 Å². The van der Waals surface area contributed by atoms with Gasteiger partial charge >= 0.3 is 0 Å². The predicted octanol–water partition coefficient (Wildman–Crippen LogP) is 1.79. The van der Waals surface area contributed by atoms with Gasteiger partial charge in [0.2, 0.25) is 5.91 Å². The number of nitrogens with zero attached hydrogens (tertiary/aromatic N) is 1. The Hall–Kier alpha value is -1.00. The standard InChI is InChI=1S/C13H16N2OS/c1-15-8-6-13(7-9-15)10-4-2-3-5-11(10)17-14-12(13)16/h2-5H,6-9H2,1H3,(H,14,16). The average Bonchev–Trinajstić information content (AvgIpc) is 2.37. The highest BCUT2D eigenvalue weighted by Crippen LogP contribution is 2.43. The highest BCUT2D eigenvalue weighted by molar-refractivity contribution is 7.98. The van der Waals surface area contributed by atoms with Gasteiger partial charge in [-0.15, -0.1) is 0 Å². The zero-order valence-corrected chi connectivity index (χ0v) is 10.7. The van der Waals surface area contributed by atoms with E-state index < -0.39 is 0 Å². The van der Waals surface area contributed by atoms with Gasteiger partial charge in [0.05, 0.1) is 5.41 Å². The van der Waals surface area contributed by atoms with Gasteiger partial charge in [0, 0.05) is 4.90 Å². The predicted molar refractivity (Wildman–Crippen MR) is 68.9 cm³/mol. The van der Waals surface area contributed by atoms with Crippen LogP contribution in [0.3, 0.4) is 0 Å². The first-order valence-corrected chi connectivity index (χ1v) is 6.79. The van der Waals surface area contributed by atoms with E-state index in [9.17, 15) is 4.79 Å². The average molecular weight is 248 g/mol. The van der Waals surface area contributed by atoms with E-state index in [4.69, 9.17) is 0 Å². The molecule has 1 amide bonds. The van der Waals surface area contributed by atoms with Gasteiger partial charge in [0.1, 0.15) is 0 Å². The van der Waals surface area contributed by atoms with Crippen LogP contribution in [-0.2, 0) is 10.2 Å². The number of amides is 1. The maximum atomic E-state index is 12.3. The first-order valence-electron chi connectivity index (χ1n) is 5.98. The molecular formula is C13H16N2OS. The number of rotatable bonds is 0. The molecule has 1 saturated heterocycles. The Balaban J connectivity index is 2.06. The topological polar surface area (TPSA) is 32.3 Å². The molecule has 0 aromatic heterocycles. The number of nitrogens with one attached hydrogen (secondary N) is 1. The molecule has 3 rings (SSSR count). The maximum Gasteiger partial charge on any atom is 0.240 e. The molecule has 1 fully saturated rings. The van der Waals surface area contributed by atoms with Crippen molar-refractivity contribution in [3.05, 3.63) is 29.8 Å². The Morgan fingerprint density at radius 1 is 1.29 bits per heavy atom. The number of fused-ring (bicyclic) bond motifs is 2. The van der Waals surface area contributed by atoms with Gasteiger partial charge in [0.25, 0.3) is 0 Å². The molecule has 1 aromatic carbocycles. The van der Waals surface area contributed by atoms with Crippen molar-refractivity contribution in [2.45, 2.75) is 23.2 Å². The van der Waals surface area contributed by atoms with Crippen molar-refractivity contribution >= 4 is 17.9 Å². The molecule has 1 spiro atoms. The summed E-state index contributed by atoms with van der Waals surface area (Å²) >= 11 is 1.45. The minimum atomic E-state index is -0.283. The molecule has 2 heterocycles. The number of piperidine rings is 1. The number of hydrogen-bond donors (Lipinski definition) is 1. The summed E-state index contributed by atoms with van der Waals surface area (Å²) in [5, 5.41) is 0. The summed E-state index contributed by atoms with van der Waals surface area (Å²) < 4.78 is 2.97. The number of carbonyl (C=O) groups is 1. The maximum absolute atomic E-state index is 12.3. The second kappa shape index (κ2) is 4.03. The fourth-order valence-electron chi connectivity index (χ4n) is 2.77. The number of hydrogen-bond acceptors (Lipinski definition) is 3. The Labute approximate surface area is 106 Å². The van der Waals surface area contributed by atoms with Gasteiger partial charge in [-0.3, -0.25) is 9.52 Å². The number of carbonyl (C=O) groups excluding carboxylic acids is 1. The molecule has 4 heteroatoms. The monoisotopic (exact) mass is 248 g/mol. The van der Waals surface area contributed by atoms with Crippen LogP contribution in [0.15, 0.2) is 29.2 Å². The molecule has 2 aliphatic heterocycles. The molecule has 1 N–H and O–H groups in total. The molecule has 17 heavy (non-hydrogen) atoms. The second-order valence-corrected chi connectivity index (χ2v) is 5.76. The van der Waals surface area contributed by atoms with Crippen LogP contribution in [0, 0.1) is 0 Å². The SMILES string of the molecule is CN1CCC2(CC1)C(=O)NSc1ccccc12. The first-order chi connectivity index (χ1) is 8.22. The van der Waals surface area contributed by atoms with Crippen molar-refractivity contribution in [1.82, 2.24) is 9.62 Å². The van der Waals surface area contributed by atoms with Crippen LogP contribution < -0.4 is 4.72 Å². The van der Waals surface area contributed by atoms with Gasteiger partial charge < -0.3 is 4.90 Å². The summed E-state index contributed by atoms with van der Waals surface area (Å²) in [4.78, 5) is 15.8. The Bertz CT molecular complexity index is 452. The molecule has 3 nitrogen and oxygen atoms in total. The third-order valence-corrected chi connectivity index (χ3v) is 4.79. The summed E-state index contributed by atoms with van der Waals surface area (Å²) in [6.45, 7) is 1.98. The van der Waals surface area contributed by atoms with E-state index in [2.05, 4.69) is 28.8 Å². The third-order valence-electron chi connectivity index (χ3n) is 3.93. The second-order valence-electron chi connectivity index (χ2n) is 4.91. The lowest BCUT2D eigenvalue weighted by Gasteiger charge is -2.42. The Kier molecular flexibility index (Phi) is 2.64. The summed E-state index contributed by atoms with van der Waals surface area (Å²) in [6.07, 6.45) is 1.85.